The second-order valence-electron chi connectivity index (χ2n) is 6.52. The zero-order valence-electron chi connectivity index (χ0n) is 15.5. The standard InChI is InChI=1S/C20H23N3O5/c24-20(28-15-16-6-2-1-3-7-16)21-18-9-8-17(14-19(18)23(25)26)27-13-12-22-10-4-5-11-22/h1-3,6-9,14H,4-5,10-13,15H2,(H,21,24). The second-order valence-corrected chi connectivity index (χ2v) is 6.52. The number of nitrogens with one attached hydrogen (secondary N) is 1. The van der Waals surface area contributed by atoms with Gasteiger partial charge in [-0.15, -0.1) is 0 Å². The van der Waals surface area contributed by atoms with E-state index in [2.05, 4.69) is 10.2 Å². The van der Waals surface area contributed by atoms with Crippen molar-refractivity contribution < 1.29 is 19.2 Å². The summed E-state index contributed by atoms with van der Waals surface area (Å²) in [6.07, 6.45) is 1.65. The van der Waals surface area contributed by atoms with Crippen molar-refractivity contribution in [3.63, 3.8) is 0 Å². The topological polar surface area (TPSA) is 93.9 Å². The lowest BCUT2D eigenvalue weighted by molar-refractivity contribution is -0.384. The predicted octanol–water partition coefficient (Wildman–Crippen LogP) is 3.82. The Morgan fingerprint density at radius 3 is 2.61 bits per heavy atom. The fourth-order valence-electron chi connectivity index (χ4n) is 3.03. The Hall–Kier alpha value is -3.13. The van der Waals surface area contributed by atoms with E-state index in [9.17, 15) is 14.9 Å². The lowest BCUT2D eigenvalue weighted by Crippen LogP contribution is -2.25. The number of nitro benzene ring substituents is 1. The van der Waals surface area contributed by atoms with Crippen LogP contribution in [0.5, 0.6) is 5.75 Å². The molecule has 0 atom stereocenters. The molecule has 0 radical (unpaired) electrons. The van der Waals surface area contributed by atoms with Gasteiger partial charge in [-0.2, -0.15) is 0 Å². The van der Waals surface area contributed by atoms with Crippen LogP contribution in [-0.4, -0.2) is 42.2 Å². The van der Waals surface area contributed by atoms with Crippen molar-refractivity contribution in [3.05, 3.63) is 64.2 Å². The summed E-state index contributed by atoms with van der Waals surface area (Å²) in [4.78, 5) is 25.1. The molecule has 0 aliphatic carbocycles. The highest BCUT2D eigenvalue weighted by Gasteiger charge is 2.18. The third kappa shape index (κ3) is 5.68. The van der Waals surface area contributed by atoms with Crippen LogP contribution in [0.4, 0.5) is 16.2 Å². The number of hydrogen-bond donors (Lipinski definition) is 1. The van der Waals surface area contributed by atoms with Gasteiger partial charge < -0.3 is 9.47 Å². The number of hydrogen-bond acceptors (Lipinski definition) is 6. The summed E-state index contributed by atoms with van der Waals surface area (Å²) in [5.74, 6) is 0.397. The van der Waals surface area contributed by atoms with E-state index in [-0.39, 0.29) is 18.0 Å². The average Bonchev–Trinajstić information content (AvgIpc) is 3.21. The van der Waals surface area contributed by atoms with Gasteiger partial charge in [0.15, 0.2) is 0 Å². The molecule has 148 valence electrons. The molecule has 1 aliphatic rings. The molecule has 0 bridgehead atoms. The van der Waals surface area contributed by atoms with E-state index >= 15 is 0 Å². The molecule has 2 aromatic carbocycles. The molecule has 1 heterocycles. The molecule has 0 spiro atoms. The molecule has 1 amide bonds. The molecule has 1 aliphatic heterocycles. The quantitative estimate of drug-likeness (QED) is 0.548. The molecule has 0 saturated carbocycles. The molecule has 1 saturated heterocycles. The number of rotatable bonds is 8. The van der Waals surface area contributed by atoms with Crippen molar-refractivity contribution in [2.24, 2.45) is 0 Å². The van der Waals surface area contributed by atoms with E-state index in [1.165, 1.54) is 25.0 Å². The van der Waals surface area contributed by atoms with E-state index in [1.54, 1.807) is 6.07 Å². The summed E-state index contributed by atoms with van der Waals surface area (Å²) in [7, 11) is 0. The maximum atomic E-state index is 12.0. The minimum absolute atomic E-state index is 0.0648. The zero-order chi connectivity index (χ0) is 19.8. The van der Waals surface area contributed by atoms with E-state index in [4.69, 9.17) is 9.47 Å². The fraction of sp³-hybridized carbons (Fsp3) is 0.350. The molecule has 1 N–H and O–H groups in total. The summed E-state index contributed by atoms with van der Waals surface area (Å²) < 4.78 is 10.7. The molecule has 8 nitrogen and oxygen atoms in total. The molecule has 2 aromatic rings. The summed E-state index contributed by atoms with van der Waals surface area (Å²) in [5, 5.41) is 13.8. The summed E-state index contributed by atoms with van der Waals surface area (Å²) in [6.45, 7) is 3.47. The van der Waals surface area contributed by atoms with Gasteiger partial charge in [0.25, 0.3) is 5.69 Å². The van der Waals surface area contributed by atoms with Gasteiger partial charge >= 0.3 is 6.09 Å². The number of carbonyl (C=O) groups excluding carboxylic acids is 1. The maximum Gasteiger partial charge on any atom is 0.412 e. The normalized spacial score (nSPS) is 13.9. The predicted molar refractivity (Wildman–Crippen MR) is 105 cm³/mol. The largest absolute Gasteiger partial charge is 0.492 e. The average molecular weight is 385 g/mol. The van der Waals surface area contributed by atoms with Crippen molar-refractivity contribution in [2.75, 3.05) is 31.6 Å². The van der Waals surface area contributed by atoms with Crippen LogP contribution in [0, 0.1) is 10.1 Å². The lowest BCUT2D eigenvalue weighted by atomic mass is 10.2. The smallest absolute Gasteiger partial charge is 0.412 e. The third-order valence-corrected chi connectivity index (χ3v) is 4.49. The van der Waals surface area contributed by atoms with Crippen molar-refractivity contribution in [1.82, 2.24) is 4.90 Å². The first-order valence-electron chi connectivity index (χ1n) is 9.23. The first kappa shape index (κ1) is 19.6. The fourth-order valence-corrected chi connectivity index (χ4v) is 3.03. The molecular weight excluding hydrogens is 362 g/mol. The van der Waals surface area contributed by atoms with E-state index in [0.29, 0.717) is 12.4 Å². The Bertz CT molecular complexity index is 807. The van der Waals surface area contributed by atoms with Gasteiger partial charge in [0, 0.05) is 6.54 Å². The van der Waals surface area contributed by atoms with Gasteiger partial charge in [0.1, 0.15) is 24.7 Å². The van der Waals surface area contributed by atoms with Crippen LogP contribution in [0.1, 0.15) is 18.4 Å². The van der Waals surface area contributed by atoms with Crippen LogP contribution >= 0.6 is 0 Å². The highest BCUT2D eigenvalue weighted by molar-refractivity contribution is 5.88. The van der Waals surface area contributed by atoms with Gasteiger partial charge in [0.2, 0.25) is 0 Å². The Morgan fingerprint density at radius 2 is 1.89 bits per heavy atom. The van der Waals surface area contributed by atoms with E-state index in [0.717, 1.165) is 25.2 Å². The van der Waals surface area contributed by atoms with Crippen LogP contribution in [-0.2, 0) is 11.3 Å². The van der Waals surface area contributed by atoms with Crippen molar-refractivity contribution >= 4 is 17.5 Å². The van der Waals surface area contributed by atoms with Crippen LogP contribution in [0.2, 0.25) is 0 Å². The van der Waals surface area contributed by atoms with Crippen molar-refractivity contribution in [2.45, 2.75) is 19.4 Å². The number of benzene rings is 2. The minimum atomic E-state index is -0.755. The SMILES string of the molecule is O=C(Nc1ccc(OCCN2CCCC2)cc1[N+](=O)[O-])OCc1ccccc1. The third-order valence-electron chi connectivity index (χ3n) is 4.49. The van der Waals surface area contributed by atoms with Gasteiger partial charge in [0.05, 0.1) is 11.0 Å². The number of nitro groups is 1. The number of carbonyl (C=O) groups is 1. The van der Waals surface area contributed by atoms with Crippen LogP contribution < -0.4 is 10.1 Å². The molecule has 8 heteroatoms. The lowest BCUT2D eigenvalue weighted by Gasteiger charge is -2.15. The van der Waals surface area contributed by atoms with Crippen LogP contribution in [0.15, 0.2) is 48.5 Å². The van der Waals surface area contributed by atoms with Crippen molar-refractivity contribution in [3.8, 4) is 5.75 Å². The Morgan fingerprint density at radius 1 is 1.14 bits per heavy atom. The Labute approximate surface area is 163 Å². The zero-order valence-corrected chi connectivity index (χ0v) is 15.5. The van der Waals surface area contributed by atoms with Crippen LogP contribution in [0.25, 0.3) is 0 Å². The molecule has 1 fully saturated rings. The number of nitrogens with zero attached hydrogens (tertiary/aromatic N) is 2. The maximum absolute atomic E-state index is 12.0. The summed E-state index contributed by atoms with van der Waals surface area (Å²) in [6, 6.07) is 13.6. The Kier molecular flexibility index (Phi) is 6.80. The highest BCUT2D eigenvalue weighted by atomic mass is 16.6. The molecule has 0 unspecified atom stereocenters. The highest BCUT2D eigenvalue weighted by Crippen LogP contribution is 2.29. The number of anilines is 1. The Balaban J connectivity index is 1.55. The minimum Gasteiger partial charge on any atom is -0.492 e. The molecular formula is C20H23N3O5. The van der Waals surface area contributed by atoms with Crippen LogP contribution in [0.3, 0.4) is 0 Å². The molecule has 28 heavy (non-hydrogen) atoms. The monoisotopic (exact) mass is 385 g/mol. The van der Waals surface area contributed by atoms with Gasteiger partial charge in [-0.3, -0.25) is 20.3 Å². The van der Waals surface area contributed by atoms with Crippen molar-refractivity contribution in [1.29, 1.82) is 0 Å². The van der Waals surface area contributed by atoms with Gasteiger partial charge in [-0.1, -0.05) is 30.3 Å². The second kappa shape index (κ2) is 9.70. The van der Waals surface area contributed by atoms with E-state index in [1.807, 2.05) is 30.3 Å². The van der Waals surface area contributed by atoms with E-state index < -0.39 is 11.0 Å². The molecule has 3 rings (SSSR count). The number of likely N-dealkylation sites (tertiary alicyclic amines) is 1. The molecule has 0 aromatic heterocycles. The summed E-state index contributed by atoms with van der Waals surface area (Å²) >= 11 is 0. The first-order valence-corrected chi connectivity index (χ1v) is 9.23. The number of amides is 1. The number of ether oxygens (including phenoxy) is 2. The first-order chi connectivity index (χ1) is 13.6. The summed E-state index contributed by atoms with van der Waals surface area (Å²) in [5.41, 5.74) is 0.652. The van der Waals surface area contributed by atoms with Gasteiger partial charge in [-0.25, -0.2) is 4.79 Å². The van der Waals surface area contributed by atoms with Gasteiger partial charge in [-0.05, 0) is 43.6 Å².